The number of nitro benzene ring substituents is 1. The lowest BCUT2D eigenvalue weighted by atomic mass is 10.1. The molecule has 8 heteroatoms. The van der Waals surface area contributed by atoms with Crippen LogP contribution in [0.4, 0.5) is 5.69 Å². The van der Waals surface area contributed by atoms with Crippen LogP contribution in [0, 0.1) is 10.1 Å². The number of hydrogen-bond acceptors (Lipinski definition) is 4. The number of H-pyrrole nitrogens is 1. The van der Waals surface area contributed by atoms with Crippen LogP contribution in [0.25, 0.3) is 18.3 Å². The van der Waals surface area contributed by atoms with E-state index in [1.807, 2.05) is 30.3 Å². The van der Waals surface area contributed by atoms with Gasteiger partial charge < -0.3 is 4.74 Å². The number of nitrogens with zero attached hydrogens (tertiary/aromatic N) is 2. The van der Waals surface area contributed by atoms with Crippen molar-refractivity contribution in [3.63, 3.8) is 0 Å². The van der Waals surface area contributed by atoms with E-state index in [1.54, 1.807) is 36.4 Å². The van der Waals surface area contributed by atoms with Crippen molar-refractivity contribution < 1.29 is 9.66 Å². The molecule has 160 valence electrons. The quantitative estimate of drug-likeness (QED) is 0.361. The van der Waals surface area contributed by atoms with E-state index in [4.69, 9.17) is 16.3 Å². The Hall–Kier alpha value is -4.10. The molecule has 0 saturated heterocycles. The van der Waals surface area contributed by atoms with Crippen molar-refractivity contribution in [3.8, 4) is 11.4 Å². The van der Waals surface area contributed by atoms with Gasteiger partial charge in [-0.15, -0.1) is 0 Å². The molecule has 0 aliphatic carbocycles. The zero-order chi connectivity index (χ0) is 22.7. The molecule has 0 amide bonds. The predicted molar refractivity (Wildman–Crippen MR) is 124 cm³/mol. The van der Waals surface area contributed by atoms with E-state index >= 15 is 0 Å². The molecule has 0 aliphatic heterocycles. The SMILES string of the molecule is C=c1[nH]n(-c2ccccc2)c(=O)/c1=C\c1cc(Cl)ccc1OCc1ccc([N+](=O)[O-])cc1. The molecule has 3 aromatic carbocycles. The standard InChI is InChI=1S/C24H18ClN3O4/c1-16-22(24(29)27(26-16)20-5-3-2-4-6-20)14-18-13-19(25)9-12-23(18)32-15-17-7-10-21(11-8-17)28(30)31/h2-14,26H,1,15H2/b22-14-. The molecule has 0 radical (unpaired) electrons. The summed E-state index contributed by atoms with van der Waals surface area (Å²) >= 11 is 6.18. The summed E-state index contributed by atoms with van der Waals surface area (Å²) in [7, 11) is 0. The average Bonchev–Trinajstić information content (AvgIpc) is 3.08. The second-order valence-corrected chi connectivity index (χ2v) is 7.46. The minimum absolute atomic E-state index is 0.0133. The van der Waals surface area contributed by atoms with Crippen molar-refractivity contribution in [1.82, 2.24) is 9.78 Å². The van der Waals surface area contributed by atoms with Crippen LogP contribution < -0.4 is 20.9 Å². The highest BCUT2D eigenvalue weighted by Crippen LogP contribution is 2.24. The van der Waals surface area contributed by atoms with Crippen molar-refractivity contribution in [1.29, 1.82) is 0 Å². The predicted octanol–water partition coefficient (Wildman–Crippen LogP) is 3.55. The second kappa shape index (κ2) is 8.95. The first-order chi connectivity index (χ1) is 15.4. The number of ether oxygens (including phenoxy) is 1. The van der Waals surface area contributed by atoms with Gasteiger partial charge in [0.1, 0.15) is 12.4 Å². The molecule has 4 rings (SSSR count). The fourth-order valence-electron chi connectivity index (χ4n) is 3.20. The van der Waals surface area contributed by atoms with Crippen LogP contribution in [0.2, 0.25) is 5.02 Å². The van der Waals surface area contributed by atoms with E-state index in [0.717, 1.165) is 5.56 Å². The summed E-state index contributed by atoms with van der Waals surface area (Å²) in [6.45, 7) is 4.15. The lowest BCUT2D eigenvalue weighted by molar-refractivity contribution is -0.384. The monoisotopic (exact) mass is 447 g/mol. The maximum Gasteiger partial charge on any atom is 0.279 e. The molecule has 0 spiro atoms. The summed E-state index contributed by atoms with van der Waals surface area (Å²) in [4.78, 5) is 23.3. The Bertz CT molecular complexity index is 1440. The second-order valence-electron chi connectivity index (χ2n) is 7.02. The molecule has 0 bridgehead atoms. The highest BCUT2D eigenvalue weighted by atomic mass is 35.5. The lowest BCUT2D eigenvalue weighted by Gasteiger charge is -2.10. The van der Waals surface area contributed by atoms with E-state index in [1.165, 1.54) is 16.8 Å². The number of aromatic amines is 1. The zero-order valence-electron chi connectivity index (χ0n) is 16.8. The van der Waals surface area contributed by atoms with Gasteiger partial charge in [0.2, 0.25) is 0 Å². The average molecular weight is 448 g/mol. The van der Waals surface area contributed by atoms with Crippen LogP contribution >= 0.6 is 11.6 Å². The minimum atomic E-state index is -0.452. The van der Waals surface area contributed by atoms with Gasteiger partial charge >= 0.3 is 0 Å². The number of halogens is 1. The third-order valence-corrected chi connectivity index (χ3v) is 5.07. The van der Waals surface area contributed by atoms with Gasteiger partial charge in [-0.25, -0.2) is 4.68 Å². The summed E-state index contributed by atoms with van der Waals surface area (Å²) in [5.41, 5.74) is 1.84. The van der Waals surface area contributed by atoms with Crippen LogP contribution in [-0.2, 0) is 6.61 Å². The summed E-state index contributed by atoms with van der Waals surface area (Å²) in [6, 6.07) is 20.4. The number of para-hydroxylation sites is 1. The van der Waals surface area contributed by atoms with Gasteiger partial charge in [-0.2, -0.15) is 0 Å². The fraction of sp³-hybridized carbons (Fsp3) is 0.0417. The largest absolute Gasteiger partial charge is 0.488 e. The molecule has 0 unspecified atom stereocenters. The third-order valence-electron chi connectivity index (χ3n) is 4.83. The Labute approximate surface area is 187 Å². The van der Waals surface area contributed by atoms with Crippen LogP contribution in [-0.4, -0.2) is 14.7 Å². The van der Waals surface area contributed by atoms with Crippen molar-refractivity contribution in [2.24, 2.45) is 0 Å². The van der Waals surface area contributed by atoms with E-state index in [0.29, 0.717) is 32.6 Å². The maximum absolute atomic E-state index is 13.0. The van der Waals surface area contributed by atoms with Crippen LogP contribution in [0.15, 0.2) is 77.6 Å². The molecular weight excluding hydrogens is 430 g/mol. The van der Waals surface area contributed by atoms with Gasteiger partial charge in [-0.1, -0.05) is 36.4 Å². The first-order valence-electron chi connectivity index (χ1n) is 9.65. The summed E-state index contributed by atoms with van der Waals surface area (Å²) in [5, 5.41) is 15.1. The number of benzene rings is 3. The van der Waals surface area contributed by atoms with Gasteiger partial charge in [0.05, 0.1) is 21.2 Å². The third kappa shape index (κ3) is 4.48. The molecule has 1 heterocycles. The number of nitrogens with one attached hydrogen (secondary N) is 1. The zero-order valence-corrected chi connectivity index (χ0v) is 17.6. The number of non-ortho nitro benzene ring substituents is 1. The normalized spacial score (nSPS) is 11.5. The van der Waals surface area contributed by atoms with E-state index in [-0.39, 0.29) is 17.9 Å². The summed E-state index contributed by atoms with van der Waals surface area (Å²) < 4.78 is 7.35. The maximum atomic E-state index is 13.0. The minimum Gasteiger partial charge on any atom is -0.488 e. The van der Waals surface area contributed by atoms with Gasteiger partial charge in [-0.05, 0) is 54.1 Å². The number of hydrogen-bond donors (Lipinski definition) is 1. The lowest BCUT2D eigenvalue weighted by Crippen LogP contribution is -2.34. The van der Waals surface area contributed by atoms with Gasteiger partial charge in [0.25, 0.3) is 11.2 Å². The molecule has 0 atom stereocenters. The highest BCUT2D eigenvalue weighted by molar-refractivity contribution is 6.30. The molecule has 32 heavy (non-hydrogen) atoms. The molecule has 0 fully saturated rings. The molecule has 4 aromatic rings. The molecule has 0 saturated carbocycles. The topological polar surface area (TPSA) is 90.2 Å². The first kappa shape index (κ1) is 21.1. The van der Waals surface area contributed by atoms with Gasteiger partial charge in [0, 0.05) is 22.7 Å². The van der Waals surface area contributed by atoms with Crippen molar-refractivity contribution in [2.75, 3.05) is 0 Å². The Morgan fingerprint density at radius 1 is 1.09 bits per heavy atom. The van der Waals surface area contributed by atoms with Crippen LogP contribution in [0.5, 0.6) is 5.75 Å². The van der Waals surface area contributed by atoms with Crippen molar-refractivity contribution >= 4 is 29.9 Å². The first-order valence-corrected chi connectivity index (χ1v) is 10.0. The molecule has 0 aliphatic rings. The molecular formula is C24H18ClN3O4. The fourth-order valence-corrected chi connectivity index (χ4v) is 3.38. The smallest absolute Gasteiger partial charge is 0.279 e. The van der Waals surface area contributed by atoms with Crippen LogP contribution in [0.1, 0.15) is 11.1 Å². The summed E-state index contributed by atoms with van der Waals surface area (Å²) in [6.07, 6.45) is 1.68. The Morgan fingerprint density at radius 2 is 1.81 bits per heavy atom. The highest BCUT2D eigenvalue weighted by Gasteiger charge is 2.09. The molecule has 1 aromatic heterocycles. The van der Waals surface area contributed by atoms with Gasteiger partial charge in [0.15, 0.2) is 0 Å². The van der Waals surface area contributed by atoms with E-state index < -0.39 is 4.92 Å². The summed E-state index contributed by atoms with van der Waals surface area (Å²) in [5.74, 6) is 0.513. The molecule has 7 nitrogen and oxygen atoms in total. The van der Waals surface area contributed by atoms with Crippen LogP contribution in [0.3, 0.4) is 0 Å². The Kier molecular flexibility index (Phi) is 5.91. The van der Waals surface area contributed by atoms with Crippen molar-refractivity contribution in [3.05, 3.63) is 120 Å². The van der Waals surface area contributed by atoms with E-state index in [2.05, 4.69) is 11.7 Å². The number of rotatable bonds is 6. The Balaban J connectivity index is 1.68. The number of aromatic nitrogens is 2. The van der Waals surface area contributed by atoms with Crippen molar-refractivity contribution in [2.45, 2.75) is 6.61 Å². The Morgan fingerprint density at radius 3 is 2.50 bits per heavy atom. The number of nitro groups is 1. The van der Waals surface area contributed by atoms with Gasteiger partial charge in [-0.3, -0.25) is 20.0 Å². The van der Waals surface area contributed by atoms with E-state index in [9.17, 15) is 14.9 Å². The molecule has 1 N–H and O–H groups in total.